The number of Topliss-reactive ketones (excluding diaryl/α,β-unsaturated/α-hetero) is 1. The summed E-state index contributed by atoms with van der Waals surface area (Å²) in [4.78, 5) is 11.8. The molecule has 1 saturated carbocycles. The first kappa shape index (κ1) is 9.59. The summed E-state index contributed by atoms with van der Waals surface area (Å²) >= 11 is 0. The van der Waals surface area contributed by atoms with Gasteiger partial charge in [0.15, 0.2) is 5.78 Å². The van der Waals surface area contributed by atoms with Crippen molar-refractivity contribution in [2.45, 2.75) is 44.6 Å². The minimum absolute atomic E-state index is 0.250. The SMILES string of the molecule is N#CCCn1nc(C2CC2)c2c1CCC2=O. The van der Waals surface area contributed by atoms with E-state index >= 15 is 0 Å². The van der Waals surface area contributed by atoms with Gasteiger partial charge in [-0.1, -0.05) is 0 Å². The molecule has 4 nitrogen and oxygen atoms in total. The predicted octanol–water partition coefficient (Wildman–Crippen LogP) is 1.80. The molecule has 4 heteroatoms. The summed E-state index contributed by atoms with van der Waals surface area (Å²) in [6.45, 7) is 0.624. The van der Waals surface area contributed by atoms with Crippen LogP contribution >= 0.6 is 0 Å². The van der Waals surface area contributed by atoms with Crippen molar-refractivity contribution in [2.75, 3.05) is 0 Å². The van der Waals surface area contributed by atoms with Gasteiger partial charge < -0.3 is 0 Å². The van der Waals surface area contributed by atoms with Gasteiger partial charge >= 0.3 is 0 Å². The van der Waals surface area contributed by atoms with Gasteiger partial charge in [-0.15, -0.1) is 0 Å². The molecule has 82 valence electrons. The fraction of sp³-hybridized carbons (Fsp3) is 0.583. The van der Waals surface area contributed by atoms with Gasteiger partial charge in [-0.2, -0.15) is 10.4 Å². The van der Waals surface area contributed by atoms with Gasteiger partial charge in [0, 0.05) is 18.0 Å². The number of nitrogens with zero attached hydrogens (tertiary/aromatic N) is 3. The molecule has 0 saturated heterocycles. The van der Waals surface area contributed by atoms with Gasteiger partial charge in [-0.05, 0) is 19.3 Å². The van der Waals surface area contributed by atoms with Crippen LogP contribution in [0.1, 0.15) is 53.3 Å². The van der Waals surface area contributed by atoms with E-state index in [1.165, 1.54) is 0 Å². The third-order valence-corrected chi connectivity index (χ3v) is 3.35. The van der Waals surface area contributed by atoms with Crippen molar-refractivity contribution in [3.8, 4) is 6.07 Å². The molecule has 3 rings (SSSR count). The summed E-state index contributed by atoms with van der Waals surface area (Å²) in [6.07, 6.45) is 4.22. The van der Waals surface area contributed by atoms with Crippen LogP contribution in [0.25, 0.3) is 0 Å². The molecular weight excluding hydrogens is 202 g/mol. The average molecular weight is 215 g/mol. The number of fused-ring (bicyclic) bond motifs is 1. The van der Waals surface area contributed by atoms with E-state index < -0.39 is 0 Å². The summed E-state index contributed by atoms with van der Waals surface area (Å²) < 4.78 is 1.89. The molecular formula is C12H13N3O. The number of ketones is 1. The monoisotopic (exact) mass is 215 g/mol. The minimum Gasteiger partial charge on any atom is -0.294 e. The first-order valence-electron chi connectivity index (χ1n) is 5.81. The maximum absolute atomic E-state index is 11.8. The highest BCUT2D eigenvalue weighted by atomic mass is 16.1. The fourth-order valence-electron chi connectivity index (χ4n) is 2.42. The van der Waals surface area contributed by atoms with Crippen LogP contribution in [0.15, 0.2) is 0 Å². The number of carbonyl (C=O) groups is 1. The number of hydrogen-bond donors (Lipinski definition) is 0. The Kier molecular flexibility index (Phi) is 2.06. The molecule has 2 aliphatic carbocycles. The van der Waals surface area contributed by atoms with Gasteiger partial charge in [0.2, 0.25) is 0 Å². The lowest BCUT2D eigenvalue weighted by Gasteiger charge is -2.00. The standard InChI is InChI=1S/C12H13N3O/c13-6-1-7-15-9-4-5-10(16)11(9)12(14-15)8-2-3-8/h8H,1-5,7H2. The zero-order valence-electron chi connectivity index (χ0n) is 9.07. The van der Waals surface area contributed by atoms with E-state index in [2.05, 4.69) is 11.2 Å². The highest BCUT2D eigenvalue weighted by Crippen LogP contribution is 2.43. The van der Waals surface area contributed by atoms with Crippen LogP contribution in [-0.2, 0) is 13.0 Å². The van der Waals surface area contributed by atoms with Crippen LogP contribution in [0.2, 0.25) is 0 Å². The molecule has 0 bridgehead atoms. The maximum Gasteiger partial charge on any atom is 0.166 e. The van der Waals surface area contributed by atoms with E-state index in [0.717, 1.165) is 36.2 Å². The van der Waals surface area contributed by atoms with Crippen LogP contribution in [0.4, 0.5) is 0 Å². The largest absolute Gasteiger partial charge is 0.294 e. The van der Waals surface area contributed by atoms with Crippen LogP contribution in [0.5, 0.6) is 0 Å². The normalized spacial score (nSPS) is 18.6. The topological polar surface area (TPSA) is 58.7 Å². The molecule has 0 aliphatic heterocycles. The smallest absolute Gasteiger partial charge is 0.166 e. The molecule has 2 aliphatic rings. The van der Waals surface area contributed by atoms with Gasteiger partial charge in [0.05, 0.1) is 30.3 Å². The van der Waals surface area contributed by atoms with Crippen LogP contribution in [0.3, 0.4) is 0 Å². The second kappa shape index (κ2) is 3.44. The van der Waals surface area contributed by atoms with Crippen molar-refractivity contribution in [1.29, 1.82) is 5.26 Å². The Morgan fingerprint density at radius 3 is 2.94 bits per heavy atom. The van der Waals surface area contributed by atoms with Crippen molar-refractivity contribution in [2.24, 2.45) is 0 Å². The first-order valence-corrected chi connectivity index (χ1v) is 5.81. The van der Waals surface area contributed by atoms with E-state index in [1.807, 2.05) is 4.68 Å². The van der Waals surface area contributed by atoms with Crippen LogP contribution in [-0.4, -0.2) is 15.6 Å². The van der Waals surface area contributed by atoms with E-state index in [1.54, 1.807) is 0 Å². The Morgan fingerprint density at radius 1 is 1.44 bits per heavy atom. The van der Waals surface area contributed by atoms with Crippen molar-refractivity contribution < 1.29 is 4.79 Å². The molecule has 0 spiro atoms. The molecule has 0 aromatic carbocycles. The number of carbonyl (C=O) groups excluding carboxylic acids is 1. The zero-order valence-corrected chi connectivity index (χ0v) is 9.07. The Bertz CT molecular complexity index is 491. The summed E-state index contributed by atoms with van der Waals surface area (Å²) in [7, 11) is 0. The van der Waals surface area contributed by atoms with Gasteiger partial charge in [-0.25, -0.2) is 0 Å². The number of nitriles is 1. The van der Waals surface area contributed by atoms with Crippen molar-refractivity contribution >= 4 is 5.78 Å². The third-order valence-electron chi connectivity index (χ3n) is 3.35. The average Bonchev–Trinajstić information content (AvgIpc) is 2.96. The first-order chi connectivity index (χ1) is 7.81. The lowest BCUT2D eigenvalue weighted by Crippen LogP contribution is -2.04. The molecule has 0 radical (unpaired) electrons. The number of hydrogen-bond acceptors (Lipinski definition) is 3. The molecule has 1 aromatic heterocycles. The maximum atomic E-state index is 11.8. The summed E-state index contributed by atoms with van der Waals surface area (Å²) in [5.74, 6) is 0.763. The van der Waals surface area contributed by atoms with E-state index in [4.69, 9.17) is 5.26 Å². The van der Waals surface area contributed by atoms with Crippen molar-refractivity contribution in [1.82, 2.24) is 9.78 Å². The molecule has 0 atom stereocenters. The summed E-state index contributed by atoms with van der Waals surface area (Å²) in [6, 6.07) is 2.13. The van der Waals surface area contributed by atoms with Crippen LogP contribution in [0, 0.1) is 11.3 Å². The molecule has 16 heavy (non-hydrogen) atoms. The molecule has 1 fully saturated rings. The second-order valence-corrected chi connectivity index (χ2v) is 4.54. The quantitative estimate of drug-likeness (QED) is 0.772. The highest BCUT2D eigenvalue weighted by Gasteiger charge is 2.36. The number of rotatable bonds is 3. The molecule has 1 aromatic rings. The Balaban J connectivity index is 2.01. The Hall–Kier alpha value is -1.63. The predicted molar refractivity (Wildman–Crippen MR) is 57.1 cm³/mol. The number of aromatic nitrogens is 2. The molecule has 1 heterocycles. The number of aryl methyl sites for hydroxylation is 1. The lowest BCUT2D eigenvalue weighted by molar-refractivity contribution is 0.0993. The summed E-state index contributed by atoms with van der Waals surface area (Å²) in [5.41, 5.74) is 2.97. The van der Waals surface area contributed by atoms with Gasteiger partial charge in [0.25, 0.3) is 0 Å². The van der Waals surface area contributed by atoms with Gasteiger partial charge in [-0.3, -0.25) is 9.48 Å². The minimum atomic E-state index is 0.250. The van der Waals surface area contributed by atoms with Crippen molar-refractivity contribution in [3.63, 3.8) is 0 Å². The summed E-state index contributed by atoms with van der Waals surface area (Å²) in [5, 5.41) is 13.1. The molecule has 0 unspecified atom stereocenters. The molecule has 0 N–H and O–H groups in total. The highest BCUT2D eigenvalue weighted by molar-refractivity contribution is 6.01. The van der Waals surface area contributed by atoms with Crippen LogP contribution < -0.4 is 0 Å². The Labute approximate surface area is 93.9 Å². The zero-order chi connectivity index (χ0) is 11.1. The lowest BCUT2D eigenvalue weighted by atomic mass is 10.1. The third kappa shape index (κ3) is 1.35. The van der Waals surface area contributed by atoms with E-state index in [0.29, 0.717) is 25.3 Å². The molecule has 0 amide bonds. The van der Waals surface area contributed by atoms with E-state index in [9.17, 15) is 4.79 Å². The Morgan fingerprint density at radius 2 is 2.25 bits per heavy atom. The van der Waals surface area contributed by atoms with Crippen molar-refractivity contribution in [3.05, 3.63) is 17.0 Å². The van der Waals surface area contributed by atoms with Gasteiger partial charge in [0.1, 0.15) is 0 Å². The second-order valence-electron chi connectivity index (χ2n) is 4.54. The fourth-order valence-corrected chi connectivity index (χ4v) is 2.42. The van der Waals surface area contributed by atoms with E-state index in [-0.39, 0.29) is 5.78 Å².